The lowest BCUT2D eigenvalue weighted by Crippen LogP contribution is -2.45. The molecule has 136 valence electrons. The summed E-state index contributed by atoms with van der Waals surface area (Å²) in [4.78, 5) is 2.56. The molecule has 1 N–H and O–H groups in total. The van der Waals surface area contributed by atoms with Gasteiger partial charge in [0.15, 0.2) is 11.5 Å². The summed E-state index contributed by atoms with van der Waals surface area (Å²) in [6, 6.07) is 4.46. The molecule has 0 spiro atoms. The first-order valence-corrected chi connectivity index (χ1v) is 8.86. The van der Waals surface area contributed by atoms with Crippen LogP contribution in [0.2, 0.25) is 0 Å². The highest BCUT2D eigenvalue weighted by molar-refractivity contribution is 5.56. The standard InChI is InChI=1S/C19H32N2O3/c1-14(2)6-8-16(21-12-10-20-11-13-21)15-7-9-17(22-3)19(24-5)18(15)23-4/h7,9,14,16,20H,6,8,10-13H2,1-5H3/t16-/m1/s1. The lowest BCUT2D eigenvalue weighted by Gasteiger charge is -2.36. The average Bonchev–Trinajstić information content (AvgIpc) is 2.61. The van der Waals surface area contributed by atoms with Crippen molar-refractivity contribution in [2.45, 2.75) is 32.7 Å². The van der Waals surface area contributed by atoms with Gasteiger partial charge in [0.25, 0.3) is 0 Å². The number of methoxy groups -OCH3 is 3. The van der Waals surface area contributed by atoms with Gasteiger partial charge in [-0.05, 0) is 30.9 Å². The molecule has 24 heavy (non-hydrogen) atoms. The molecule has 1 aliphatic rings. The highest BCUT2D eigenvalue weighted by atomic mass is 16.5. The minimum absolute atomic E-state index is 0.337. The zero-order valence-corrected chi connectivity index (χ0v) is 15.7. The van der Waals surface area contributed by atoms with Crippen LogP contribution in [0.15, 0.2) is 12.1 Å². The number of piperazine rings is 1. The number of benzene rings is 1. The van der Waals surface area contributed by atoms with Gasteiger partial charge in [0.2, 0.25) is 5.75 Å². The SMILES string of the molecule is COc1ccc([C@@H](CCC(C)C)N2CCNCC2)c(OC)c1OC. The van der Waals surface area contributed by atoms with Crippen LogP contribution in [0.5, 0.6) is 17.2 Å². The van der Waals surface area contributed by atoms with Crippen molar-refractivity contribution in [1.82, 2.24) is 10.2 Å². The number of hydrogen-bond donors (Lipinski definition) is 1. The molecule has 0 aromatic heterocycles. The van der Waals surface area contributed by atoms with Crippen molar-refractivity contribution >= 4 is 0 Å². The molecule has 0 saturated carbocycles. The minimum atomic E-state index is 0.337. The molecule has 5 heteroatoms. The number of nitrogens with one attached hydrogen (secondary N) is 1. The van der Waals surface area contributed by atoms with Gasteiger partial charge >= 0.3 is 0 Å². The zero-order valence-electron chi connectivity index (χ0n) is 15.7. The van der Waals surface area contributed by atoms with E-state index in [4.69, 9.17) is 14.2 Å². The summed E-state index contributed by atoms with van der Waals surface area (Å²) < 4.78 is 16.8. The third-order valence-electron chi connectivity index (χ3n) is 4.70. The van der Waals surface area contributed by atoms with E-state index in [1.807, 2.05) is 6.07 Å². The van der Waals surface area contributed by atoms with Crippen molar-refractivity contribution in [3.05, 3.63) is 17.7 Å². The van der Waals surface area contributed by atoms with Gasteiger partial charge in [0, 0.05) is 37.8 Å². The number of hydrogen-bond acceptors (Lipinski definition) is 5. The maximum atomic E-state index is 5.74. The number of rotatable bonds is 8. The fourth-order valence-corrected chi connectivity index (χ4v) is 3.41. The Balaban J connectivity index is 2.39. The zero-order chi connectivity index (χ0) is 17.5. The lowest BCUT2D eigenvalue weighted by molar-refractivity contribution is 0.156. The normalized spacial score (nSPS) is 16.9. The van der Waals surface area contributed by atoms with Gasteiger partial charge in [-0.15, -0.1) is 0 Å². The van der Waals surface area contributed by atoms with E-state index in [-0.39, 0.29) is 0 Å². The highest BCUT2D eigenvalue weighted by Crippen LogP contribution is 2.44. The van der Waals surface area contributed by atoms with Gasteiger partial charge in [-0.25, -0.2) is 0 Å². The smallest absolute Gasteiger partial charge is 0.203 e. The summed E-state index contributed by atoms with van der Waals surface area (Å²) in [6.45, 7) is 8.74. The van der Waals surface area contributed by atoms with Crippen LogP contribution in [-0.4, -0.2) is 52.4 Å². The fraction of sp³-hybridized carbons (Fsp3) is 0.684. The van der Waals surface area contributed by atoms with Crippen LogP contribution < -0.4 is 19.5 Å². The lowest BCUT2D eigenvalue weighted by atomic mass is 9.94. The van der Waals surface area contributed by atoms with Gasteiger partial charge in [0.05, 0.1) is 21.3 Å². The van der Waals surface area contributed by atoms with Crippen molar-refractivity contribution in [2.24, 2.45) is 5.92 Å². The monoisotopic (exact) mass is 336 g/mol. The highest BCUT2D eigenvalue weighted by Gasteiger charge is 2.27. The van der Waals surface area contributed by atoms with E-state index < -0.39 is 0 Å². The molecular weight excluding hydrogens is 304 g/mol. The first-order chi connectivity index (χ1) is 11.6. The number of ether oxygens (including phenoxy) is 3. The van der Waals surface area contributed by atoms with E-state index in [9.17, 15) is 0 Å². The molecule has 2 rings (SSSR count). The molecule has 0 amide bonds. The molecule has 0 unspecified atom stereocenters. The van der Waals surface area contributed by atoms with Gasteiger partial charge in [-0.1, -0.05) is 13.8 Å². The molecule has 1 aromatic rings. The van der Waals surface area contributed by atoms with E-state index in [1.165, 1.54) is 12.0 Å². The second-order valence-corrected chi connectivity index (χ2v) is 6.70. The Kier molecular flexibility index (Phi) is 7.18. The molecule has 1 saturated heterocycles. The molecular formula is C19H32N2O3. The van der Waals surface area contributed by atoms with Gasteiger partial charge in [0.1, 0.15) is 0 Å². The molecule has 1 aromatic carbocycles. The average molecular weight is 336 g/mol. The molecule has 5 nitrogen and oxygen atoms in total. The Hall–Kier alpha value is -1.46. The van der Waals surface area contributed by atoms with Crippen molar-refractivity contribution in [3.8, 4) is 17.2 Å². The molecule has 0 radical (unpaired) electrons. The number of nitrogens with zero attached hydrogens (tertiary/aromatic N) is 1. The summed E-state index contributed by atoms with van der Waals surface area (Å²) in [5.74, 6) is 2.87. The first-order valence-electron chi connectivity index (χ1n) is 8.86. The summed E-state index contributed by atoms with van der Waals surface area (Å²) in [5, 5.41) is 3.44. The molecule has 1 fully saturated rings. The first kappa shape index (κ1) is 18.9. The van der Waals surface area contributed by atoms with E-state index in [2.05, 4.69) is 30.1 Å². The summed E-state index contributed by atoms with van der Waals surface area (Å²) in [6.07, 6.45) is 2.30. The second kappa shape index (κ2) is 9.14. The van der Waals surface area contributed by atoms with Gasteiger partial charge in [-0.2, -0.15) is 0 Å². The summed E-state index contributed by atoms with van der Waals surface area (Å²) >= 11 is 0. The van der Waals surface area contributed by atoms with Crippen LogP contribution in [-0.2, 0) is 0 Å². The largest absolute Gasteiger partial charge is 0.493 e. The van der Waals surface area contributed by atoms with Crippen molar-refractivity contribution in [1.29, 1.82) is 0 Å². The third kappa shape index (κ3) is 4.33. The maximum Gasteiger partial charge on any atom is 0.203 e. The maximum absolute atomic E-state index is 5.74. The molecule has 1 heterocycles. The van der Waals surface area contributed by atoms with Crippen LogP contribution >= 0.6 is 0 Å². The van der Waals surface area contributed by atoms with Crippen LogP contribution in [0.4, 0.5) is 0 Å². The third-order valence-corrected chi connectivity index (χ3v) is 4.70. The minimum Gasteiger partial charge on any atom is -0.493 e. The molecule has 1 atom stereocenters. The van der Waals surface area contributed by atoms with E-state index in [0.717, 1.165) is 38.3 Å². The van der Waals surface area contributed by atoms with Gasteiger partial charge < -0.3 is 19.5 Å². The Morgan fingerprint density at radius 3 is 2.17 bits per heavy atom. The Morgan fingerprint density at radius 1 is 0.958 bits per heavy atom. The van der Waals surface area contributed by atoms with Crippen LogP contribution in [0, 0.1) is 5.92 Å². The van der Waals surface area contributed by atoms with Crippen molar-refractivity contribution < 1.29 is 14.2 Å². The summed E-state index contributed by atoms with van der Waals surface area (Å²) in [5.41, 5.74) is 1.19. The fourth-order valence-electron chi connectivity index (χ4n) is 3.41. The molecule has 1 aliphatic heterocycles. The summed E-state index contributed by atoms with van der Waals surface area (Å²) in [7, 11) is 5.03. The van der Waals surface area contributed by atoms with Crippen LogP contribution in [0.3, 0.4) is 0 Å². The Bertz CT molecular complexity index is 514. The predicted octanol–water partition coefficient (Wildman–Crippen LogP) is 3.09. The van der Waals surface area contributed by atoms with Crippen molar-refractivity contribution in [2.75, 3.05) is 47.5 Å². The van der Waals surface area contributed by atoms with E-state index >= 15 is 0 Å². The Labute approximate surface area is 146 Å². The Morgan fingerprint density at radius 2 is 1.62 bits per heavy atom. The predicted molar refractivity (Wildman–Crippen MR) is 97.4 cm³/mol. The van der Waals surface area contributed by atoms with Crippen molar-refractivity contribution in [3.63, 3.8) is 0 Å². The molecule has 0 aliphatic carbocycles. The van der Waals surface area contributed by atoms with E-state index in [1.54, 1.807) is 21.3 Å². The van der Waals surface area contributed by atoms with E-state index in [0.29, 0.717) is 23.5 Å². The van der Waals surface area contributed by atoms with Gasteiger partial charge in [-0.3, -0.25) is 4.90 Å². The quantitative estimate of drug-likeness (QED) is 0.790. The topological polar surface area (TPSA) is 43.0 Å². The van der Waals surface area contributed by atoms with Crippen LogP contribution in [0.1, 0.15) is 38.3 Å². The van der Waals surface area contributed by atoms with Crippen LogP contribution in [0.25, 0.3) is 0 Å². The molecule has 0 bridgehead atoms. The second-order valence-electron chi connectivity index (χ2n) is 6.70.